The molecular formula is C25H21N4O4S+. The number of aromatic amines is 1. The van der Waals surface area contributed by atoms with Gasteiger partial charge in [-0.05, 0) is 46.6 Å². The van der Waals surface area contributed by atoms with E-state index in [9.17, 15) is 9.59 Å². The Morgan fingerprint density at radius 3 is 2.53 bits per heavy atom. The summed E-state index contributed by atoms with van der Waals surface area (Å²) in [5.74, 6) is 0.0848. The van der Waals surface area contributed by atoms with Crippen LogP contribution in [0.3, 0.4) is 0 Å². The lowest BCUT2D eigenvalue weighted by molar-refractivity contribution is -0.759. The summed E-state index contributed by atoms with van der Waals surface area (Å²) in [6, 6.07) is 24.7. The minimum Gasteiger partial charge on any atom is -0.482 e. The van der Waals surface area contributed by atoms with Crippen molar-refractivity contribution in [3.63, 3.8) is 0 Å². The second-order valence-corrected chi connectivity index (χ2v) is 8.63. The van der Waals surface area contributed by atoms with Gasteiger partial charge in [-0.2, -0.15) is 0 Å². The second kappa shape index (κ2) is 9.40. The first-order valence-electron chi connectivity index (χ1n) is 10.6. The van der Waals surface area contributed by atoms with Crippen molar-refractivity contribution in [3.8, 4) is 17.0 Å². The maximum absolute atomic E-state index is 13.2. The molecule has 0 amide bonds. The molecule has 1 aromatic heterocycles. The van der Waals surface area contributed by atoms with E-state index in [1.54, 1.807) is 16.8 Å². The standard InChI is InChI=1S/C25H20N4O4S/c30-21(31)14-33-18-12-10-17(11-13-18)23-26-20-9-5-4-8-19(20)22-24(32)27-25(28-29(22)23)34-15-16-6-2-1-3-7-16/h1-13,23H,14-15H2,(H2,27,28,30,31,32)/p+1/t23-/m1/s1. The summed E-state index contributed by atoms with van der Waals surface area (Å²) < 4.78 is 6.96. The number of benzene rings is 3. The number of para-hydroxylation sites is 1. The van der Waals surface area contributed by atoms with Crippen LogP contribution in [0.5, 0.6) is 5.75 Å². The summed E-state index contributed by atoms with van der Waals surface area (Å²) in [6.45, 7) is -0.412. The molecule has 0 aliphatic carbocycles. The molecule has 3 aromatic carbocycles. The fraction of sp³-hybridized carbons (Fsp3) is 0.120. The van der Waals surface area contributed by atoms with Crippen molar-refractivity contribution in [3.05, 3.63) is 100 Å². The first-order chi connectivity index (χ1) is 16.6. The monoisotopic (exact) mass is 473 g/mol. The highest BCUT2D eigenvalue weighted by Crippen LogP contribution is 2.32. The van der Waals surface area contributed by atoms with Gasteiger partial charge in [0, 0.05) is 16.4 Å². The van der Waals surface area contributed by atoms with Crippen molar-refractivity contribution in [1.82, 2.24) is 10.1 Å². The summed E-state index contributed by atoms with van der Waals surface area (Å²) in [5, 5.41) is 17.6. The Hall–Kier alpha value is -4.11. The molecule has 0 unspecified atom stereocenters. The van der Waals surface area contributed by atoms with Gasteiger partial charge in [-0.1, -0.05) is 54.2 Å². The molecule has 1 aliphatic heterocycles. The zero-order valence-electron chi connectivity index (χ0n) is 18.0. The third-order valence-electron chi connectivity index (χ3n) is 5.36. The van der Waals surface area contributed by atoms with E-state index in [-0.39, 0.29) is 5.56 Å². The number of carboxylic acids is 1. The van der Waals surface area contributed by atoms with E-state index < -0.39 is 18.7 Å². The van der Waals surface area contributed by atoms with Crippen LogP contribution in [0, 0.1) is 0 Å². The number of nitrogens with one attached hydrogen (secondary N) is 2. The number of aliphatic carboxylic acids is 1. The topological polar surface area (TPSA) is 108 Å². The number of carboxylic acid groups (broad SMARTS) is 1. The predicted octanol–water partition coefficient (Wildman–Crippen LogP) is 3.45. The van der Waals surface area contributed by atoms with Gasteiger partial charge < -0.3 is 15.2 Å². The Morgan fingerprint density at radius 2 is 1.76 bits per heavy atom. The van der Waals surface area contributed by atoms with Crippen LogP contribution < -0.4 is 20.3 Å². The van der Waals surface area contributed by atoms with E-state index in [1.807, 2.05) is 66.7 Å². The highest BCUT2D eigenvalue weighted by Gasteiger charge is 2.37. The molecule has 4 aromatic rings. The van der Waals surface area contributed by atoms with Gasteiger partial charge in [0.1, 0.15) is 5.75 Å². The number of thioether (sulfide) groups is 1. The lowest BCUT2D eigenvalue weighted by atomic mass is 10.0. The smallest absolute Gasteiger partial charge is 0.341 e. The summed E-state index contributed by atoms with van der Waals surface area (Å²) in [6.07, 6.45) is -0.434. The van der Waals surface area contributed by atoms with Gasteiger partial charge in [0.15, 0.2) is 6.61 Å². The molecule has 9 heteroatoms. The third kappa shape index (κ3) is 4.51. The van der Waals surface area contributed by atoms with Gasteiger partial charge in [0.2, 0.25) is 5.16 Å². The normalized spacial score (nSPS) is 13.9. The van der Waals surface area contributed by atoms with E-state index in [0.717, 1.165) is 22.4 Å². The van der Waals surface area contributed by atoms with Gasteiger partial charge >= 0.3 is 17.2 Å². The SMILES string of the molecule is O=C(O)COc1ccc([C@@H]2Nc3ccccc3-c3c(=O)[nH]c(SCc4ccccc4)n[n+]32)cc1. The van der Waals surface area contributed by atoms with Crippen molar-refractivity contribution in [2.45, 2.75) is 17.1 Å². The molecule has 0 saturated carbocycles. The maximum atomic E-state index is 13.2. The fourth-order valence-corrected chi connectivity index (χ4v) is 4.60. The first kappa shape index (κ1) is 21.7. The molecule has 0 radical (unpaired) electrons. The van der Waals surface area contributed by atoms with Crippen LogP contribution in [0.4, 0.5) is 5.69 Å². The predicted molar refractivity (Wildman–Crippen MR) is 128 cm³/mol. The molecule has 170 valence electrons. The highest BCUT2D eigenvalue weighted by atomic mass is 32.2. The van der Waals surface area contributed by atoms with E-state index >= 15 is 0 Å². The third-order valence-corrected chi connectivity index (χ3v) is 6.29. The molecule has 0 spiro atoms. The quantitative estimate of drug-likeness (QED) is 0.279. The molecule has 34 heavy (non-hydrogen) atoms. The van der Waals surface area contributed by atoms with Crippen molar-refractivity contribution >= 4 is 23.4 Å². The molecular weight excluding hydrogens is 452 g/mol. The largest absolute Gasteiger partial charge is 0.482 e. The van der Waals surface area contributed by atoms with Crippen LogP contribution in [-0.2, 0) is 10.5 Å². The molecule has 1 aliphatic rings. The number of carbonyl (C=O) groups is 1. The summed E-state index contributed by atoms with van der Waals surface area (Å²) >= 11 is 1.46. The van der Waals surface area contributed by atoms with Gasteiger partial charge in [-0.25, -0.2) is 4.79 Å². The van der Waals surface area contributed by atoms with Crippen LogP contribution in [0.2, 0.25) is 0 Å². The fourth-order valence-electron chi connectivity index (χ4n) is 3.80. The van der Waals surface area contributed by atoms with Crippen LogP contribution in [0.1, 0.15) is 17.3 Å². The average molecular weight is 474 g/mol. The van der Waals surface area contributed by atoms with Crippen LogP contribution in [0.15, 0.2) is 88.8 Å². The zero-order chi connectivity index (χ0) is 23.5. The molecule has 0 fully saturated rings. The van der Waals surface area contributed by atoms with Gasteiger partial charge in [-0.3, -0.25) is 9.78 Å². The van der Waals surface area contributed by atoms with E-state index in [4.69, 9.17) is 14.9 Å². The number of nitrogens with zero attached hydrogens (tertiary/aromatic N) is 2. The molecule has 0 saturated heterocycles. The number of ether oxygens (including phenoxy) is 1. The van der Waals surface area contributed by atoms with E-state index in [1.165, 1.54) is 11.8 Å². The number of aromatic nitrogens is 3. The van der Waals surface area contributed by atoms with Crippen molar-refractivity contribution in [2.75, 3.05) is 11.9 Å². The molecule has 2 heterocycles. The Morgan fingerprint density at radius 1 is 1.03 bits per heavy atom. The first-order valence-corrected chi connectivity index (χ1v) is 11.6. The van der Waals surface area contributed by atoms with Gasteiger partial charge in [0.25, 0.3) is 6.17 Å². The lowest BCUT2D eigenvalue weighted by Gasteiger charge is -2.22. The van der Waals surface area contributed by atoms with E-state index in [2.05, 4.69) is 10.3 Å². The van der Waals surface area contributed by atoms with Gasteiger partial charge in [-0.15, -0.1) is 0 Å². The Bertz CT molecular complexity index is 1390. The molecule has 3 N–H and O–H groups in total. The zero-order valence-corrected chi connectivity index (χ0v) is 18.8. The maximum Gasteiger partial charge on any atom is 0.341 e. The van der Waals surface area contributed by atoms with Gasteiger partial charge in [0.05, 0.1) is 11.3 Å². The number of rotatable bonds is 7. The van der Waals surface area contributed by atoms with Crippen LogP contribution in [0.25, 0.3) is 11.3 Å². The number of hydrogen-bond donors (Lipinski definition) is 3. The number of anilines is 1. The number of H-pyrrole nitrogens is 1. The van der Waals surface area contributed by atoms with Crippen molar-refractivity contribution < 1.29 is 19.3 Å². The number of fused-ring (bicyclic) bond motifs is 3. The minimum absolute atomic E-state index is 0.217. The average Bonchev–Trinajstić information content (AvgIpc) is 2.86. The van der Waals surface area contributed by atoms with Crippen molar-refractivity contribution in [2.24, 2.45) is 0 Å². The van der Waals surface area contributed by atoms with Crippen molar-refractivity contribution in [1.29, 1.82) is 0 Å². The molecule has 8 nitrogen and oxygen atoms in total. The Balaban J connectivity index is 1.51. The minimum atomic E-state index is -1.04. The summed E-state index contributed by atoms with van der Waals surface area (Å²) in [5.41, 5.74) is 3.83. The van der Waals surface area contributed by atoms with E-state index in [0.29, 0.717) is 22.4 Å². The second-order valence-electron chi connectivity index (χ2n) is 7.67. The molecule has 0 bridgehead atoms. The number of hydrogen-bond acceptors (Lipinski definition) is 6. The summed E-state index contributed by atoms with van der Waals surface area (Å²) in [7, 11) is 0. The molecule has 5 rings (SSSR count). The Kier molecular flexibility index (Phi) is 6.01. The van der Waals surface area contributed by atoms with Crippen LogP contribution >= 0.6 is 11.8 Å². The molecule has 1 atom stereocenters. The lowest BCUT2D eigenvalue weighted by Crippen LogP contribution is -2.55. The highest BCUT2D eigenvalue weighted by molar-refractivity contribution is 7.98. The summed E-state index contributed by atoms with van der Waals surface area (Å²) in [4.78, 5) is 26.9. The Labute approximate surface area is 199 Å². The van der Waals surface area contributed by atoms with Crippen LogP contribution in [-0.4, -0.2) is 27.8 Å².